The van der Waals surface area contributed by atoms with Crippen LogP contribution in [0, 0.1) is 5.92 Å². The van der Waals surface area contributed by atoms with Crippen LogP contribution in [-0.2, 0) is 17.8 Å². The lowest BCUT2D eigenvalue weighted by Crippen LogP contribution is -2.63. The molecule has 2 heterocycles. The number of amides is 1. The number of nitrogens with zero attached hydrogens (tertiary/aromatic N) is 4. The first-order valence-corrected chi connectivity index (χ1v) is 9.70. The Morgan fingerprint density at radius 1 is 1.41 bits per heavy atom. The first-order valence-electron chi connectivity index (χ1n) is 9.70. The summed E-state index contributed by atoms with van der Waals surface area (Å²) >= 11 is 0. The van der Waals surface area contributed by atoms with Gasteiger partial charge in [-0.2, -0.15) is 0 Å². The smallest absolute Gasteiger partial charge is 0.410 e. The van der Waals surface area contributed by atoms with Crippen molar-refractivity contribution in [2.45, 2.75) is 66.3 Å². The van der Waals surface area contributed by atoms with Gasteiger partial charge in [0.05, 0.1) is 6.04 Å². The fourth-order valence-electron chi connectivity index (χ4n) is 2.76. The molecule has 0 bridgehead atoms. The molecule has 2 rings (SSSR count). The van der Waals surface area contributed by atoms with E-state index in [-0.39, 0.29) is 12.1 Å². The molecular formula is C19H34N6O2. The average Bonchev–Trinajstić information content (AvgIpc) is 2.92. The van der Waals surface area contributed by atoms with Crippen molar-refractivity contribution in [2.24, 2.45) is 10.9 Å². The molecule has 1 fully saturated rings. The first kappa shape index (κ1) is 21.1. The molecule has 1 saturated heterocycles. The number of hydrogen-bond acceptors (Lipinski definition) is 4. The summed E-state index contributed by atoms with van der Waals surface area (Å²) in [6, 6.07) is 0.172. The van der Waals surface area contributed by atoms with Crippen molar-refractivity contribution in [3.05, 3.63) is 18.2 Å². The molecule has 8 nitrogen and oxygen atoms in total. The van der Waals surface area contributed by atoms with Crippen molar-refractivity contribution in [2.75, 3.05) is 19.6 Å². The molecule has 0 atom stereocenters. The summed E-state index contributed by atoms with van der Waals surface area (Å²) in [7, 11) is 0. The minimum absolute atomic E-state index is 0.172. The zero-order valence-electron chi connectivity index (χ0n) is 17.5. The monoisotopic (exact) mass is 378 g/mol. The van der Waals surface area contributed by atoms with E-state index in [1.54, 1.807) is 4.90 Å². The average molecular weight is 379 g/mol. The Morgan fingerprint density at radius 2 is 2.11 bits per heavy atom. The maximum absolute atomic E-state index is 12.0. The van der Waals surface area contributed by atoms with Crippen LogP contribution in [0.3, 0.4) is 0 Å². The van der Waals surface area contributed by atoms with Crippen molar-refractivity contribution in [3.8, 4) is 0 Å². The van der Waals surface area contributed by atoms with Crippen molar-refractivity contribution in [3.63, 3.8) is 0 Å². The standard InChI is InChI=1S/C19H34N6O2/c1-7-20-17(22-10-16-21-8-9-24(16)11-14(2)3)23-15-12-25(13-15)18(26)27-19(4,5)6/h8-9,14-15H,7,10-13H2,1-6H3,(H2,20,22,23). The van der Waals surface area contributed by atoms with Crippen LogP contribution < -0.4 is 10.6 Å². The second-order valence-corrected chi connectivity index (χ2v) is 8.31. The molecule has 1 aromatic heterocycles. The normalized spacial score (nSPS) is 15.7. The van der Waals surface area contributed by atoms with Gasteiger partial charge in [0.2, 0.25) is 0 Å². The number of ether oxygens (including phenoxy) is 1. The van der Waals surface area contributed by atoms with Gasteiger partial charge in [0, 0.05) is 38.6 Å². The van der Waals surface area contributed by atoms with Gasteiger partial charge in [-0.15, -0.1) is 0 Å². The van der Waals surface area contributed by atoms with E-state index in [1.807, 2.05) is 40.1 Å². The summed E-state index contributed by atoms with van der Waals surface area (Å²) in [5.74, 6) is 2.25. The van der Waals surface area contributed by atoms with E-state index < -0.39 is 5.60 Å². The Morgan fingerprint density at radius 3 is 2.70 bits per heavy atom. The van der Waals surface area contributed by atoms with E-state index in [2.05, 4.69) is 39.0 Å². The lowest BCUT2D eigenvalue weighted by Gasteiger charge is -2.40. The van der Waals surface area contributed by atoms with Crippen molar-refractivity contribution >= 4 is 12.1 Å². The maximum Gasteiger partial charge on any atom is 0.410 e. The molecule has 0 saturated carbocycles. The van der Waals surface area contributed by atoms with Gasteiger partial charge < -0.3 is 24.8 Å². The third-order valence-corrected chi connectivity index (χ3v) is 3.96. The third-order valence-electron chi connectivity index (χ3n) is 3.96. The molecule has 1 amide bonds. The summed E-state index contributed by atoms with van der Waals surface area (Å²) in [6.07, 6.45) is 3.55. The highest BCUT2D eigenvalue weighted by molar-refractivity contribution is 5.80. The zero-order valence-corrected chi connectivity index (χ0v) is 17.5. The fraction of sp³-hybridized carbons (Fsp3) is 0.737. The molecule has 8 heteroatoms. The summed E-state index contributed by atoms with van der Waals surface area (Å²) < 4.78 is 7.53. The molecule has 0 radical (unpaired) electrons. The van der Waals surface area contributed by atoms with Crippen LogP contribution in [-0.4, -0.2) is 57.8 Å². The largest absolute Gasteiger partial charge is 0.444 e. The van der Waals surface area contributed by atoms with Gasteiger partial charge in [-0.05, 0) is 33.6 Å². The highest BCUT2D eigenvalue weighted by Gasteiger charge is 2.34. The molecule has 0 spiro atoms. The lowest BCUT2D eigenvalue weighted by atomic mass is 10.1. The Labute approximate surface area is 162 Å². The van der Waals surface area contributed by atoms with Gasteiger partial charge >= 0.3 is 6.09 Å². The number of rotatable bonds is 6. The van der Waals surface area contributed by atoms with Gasteiger partial charge in [-0.3, -0.25) is 0 Å². The van der Waals surface area contributed by atoms with Crippen molar-refractivity contribution < 1.29 is 9.53 Å². The highest BCUT2D eigenvalue weighted by atomic mass is 16.6. The van der Waals surface area contributed by atoms with E-state index >= 15 is 0 Å². The minimum atomic E-state index is -0.468. The molecular weight excluding hydrogens is 344 g/mol. The predicted octanol–water partition coefficient (Wildman–Crippen LogP) is 2.21. The number of carbonyl (C=O) groups excluding carboxylic acids is 1. The van der Waals surface area contributed by atoms with Crippen LogP contribution in [0.5, 0.6) is 0 Å². The Balaban J connectivity index is 1.87. The Kier molecular flexibility index (Phi) is 7.10. The number of nitrogens with one attached hydrogen (secondary N) is 2. The number of hydrogen-bond donors (Lipinski definition) is 2. The van der Waals surface area contributed by atoms with Crippen LogP contribution in [0.15, 0.2) is 17.4 Å². The van der Waals surface area contributed by atoms with Crippen LogP contribution >= 0.6 is 0 Å². The van der Waals surface area contributed by atoms with Crippen molar-refractivity contribution in [1.29, 1.82) is 0 Å². The lowest BCUT2D eigenvalue weighted by molar-refractivity contribution is 0.00701. The molecule has 0 aromatic carbocycles. The van der Waals surface area contributed by atoms with Gasteiger partial charge in [-0.1, -0.05) is 13.8 Å². The van der Waals surface area contributed by atoms with E-state index in [1.165, 1.54) is 0 Å². The Bertz CT molecular complexity index is 641. The second kappa shape index (κ2) is 9.10. The molecule has 2 N–H and O–H groups in total. The van der Waals surface area contributed by atoms with E-state index in [4.69, 9.17) is 4.74 Å². The summed E-state index contributed by atoms with van der Waals surface area (Å²) in [5.41, 5.74) is -0.468. The summed E-state index contributed by atoms with van der Waals surface area (Å²) in [6.45, 7) is 15.5. The van der Waals surface area contributed by atoms with Gasteiger partial charge in [0.25, 0.3) is 0 Å². The highest BCUT2D eigenvalue weighted by Crippen LogP contribution is 2.15. The molecule has 27 heavy (non-hydrogen) atoms. The van der Waals surface area contributed by atoms with Crippen LogP contribution in [0.2, 0.25) is 0 Å². The topological polar surface area (TPSA) is 83.8 Å². The summed E-state index contributed by atoms with van der Waals surface area (Å²) in [4.78, 5) is 22.8. The number of guanidine groups is 1. The molecule has 0 aliphatic carbocycles. The van der Waals surface area contributed by atoms with Gasteiger partial charge in [0.15, 0.2) is 5.96 Å². The molecule has 0 unspecified atom stereocenters. The number of likely N-dealkylation sites (tertiary alicyclic amines) is 1. The molecule has 1 aromatic rings. The Hall–Kier alpha value is -2.25. The SMILES string of the molecule is CCNC(=NCc1nccn1CC(C)C)NC1CN(C(=O)OC(C)(C)C)C1. The van der Waals surface area contributed by atoms with Crippen LogP contribution in [0.1, 0.15) is 47.4 Å². The van der Waals surface area contributed by atoms with Crippen molar-refractivity contribution in [1.82, 2.24) is 25.1 Å². The molecule has 152 valence electrons. The number of aliphatic imine (C=N–C) groups is 1. The first-order chi connectivity index (χ1) is 12.7. The van der Waals surface area contributed by atoms with E-state index in [9.17, 15) is 4.79 Å². The van der Waals surface area contributed by atoms with Crippen LogP contribution in [0.4, 0.5) is 4.79 Å². The van der Waals surface area contributed by atoms with E-state index in [0.29, 0.717) is 25.6 Å². The maximum atomic E-state index is 12.0. The minimum Gasteiger partial charge on any atom is -0.444 e. The quantitative estimate of drug-likeness (QED) is 0.586. The summed E-state index contributed by atoms with van der Waals surface area (Å²) in [5, 5.41) is 6.63. The van der Waals surface area contributed by atoms with Crippen LogP contribution in [0.25, 0.3) is 0 Å². The third kappa shape index (κ3) is 6.77. The molecule has 1 aliphatic rings. The van der Waals surface area contributed by atoms with Gasteiger partial charge in [0.1, 0.15) is 18.0 Å². The predicted molar refractivity (Wildman–Crippen MR) is 107 cm³/mol. The van der Waals surface area contributed by atoms with Gasteiger partial charge in [-0.25, -0.2) is 14.8 Å². The number of carbonyl (C=O) groups is 1. The zero-order chi connectivity index (χ0) is 20.0. The second-order valence-electron chi connectivity index (χ2n) is 8.31. The molecule has 1 aliphatic heterocycles. The van der Waals surface area contributed by atoms with E-state index in [0.717, 1.165) is 24.9 Å². The fourth-order valence-corrected chi connectivity index (χ4v) is 2.76. The number of imidazole rings is 1. The number of aromatic nitrogens is 2.